The van der Waals surface area contributed by atoms with E-state index < -0.39 is 0 Å². The van der Waals surface area contributed by atoms with Crippen LogP contribution in [0.2, 0.25) is 0 Å². The van der Waals surface area contributed by atoms with Crippen molar-refractivity contribution in [1.82, 2.24) is 19.9 Å². The maximum Gasteiger partial charge on any atom is 0.181 e. The van der Waals surface area contributed by atoms with Crippen LogP contribution in [-0.4, -0.2) is 25.2 Å². The second-order valence-electron chi connectivity index (χ2n) is 3.85. The number of H-pyrrole nitrogens is 1. The lowest BCUT2D eigenvalue weighted by Crippen LogP contribution is -1.97. The molecular formula is C11H16N4S. The molecule has 0 radical (unpaired) electrons. The summed E-state index contributed by atoms with van der Waals surface area (Å²) in [5.41, 5.74) is 1.70. The van der Waals surface area contributed by atoms with E-state index in [2.05, 4.69) is 33.8 Å². The molecule has 2 aromatic rings. The number of hydrogen-bond donors (Lipinski definition) is 1. The minimum absolute atomic E-state index is 0.585. The predicted molar refractivity (Wildman–Crippen MR) is 66.5 cm³/mol. The molecular weight excluding hydrogens is 220 g/mol. The normalized spacial score (nSPS) is 13.1. The summed E-state index contributed by atoms with van der Waals surface area (Å²) in [5.74, 6) is 0. The number of nitrogens with zero attached hydrogens (tertiary/aromatic N) is 3. The molecule has 0 spiro atoms. The van der Waals surface area contributed by atoms with Gasteiger partial charge in [-0.05, 0) is 6.42 Å². The molecule has 5 heteroatoms. The third-order valence-corrected chi connectivity index (χ3v) is 3.64. The molecule has 2 aromatic heterocycles. The van der Waals surface area contributed by atoms with E-state index in [4.69, 9.17) is 0 Å². The van der Waals surface area contributed by atoms with Crippen LogP contribution in [-0.2, 0) is 0 Å². The van der Waals surface area contributed by atoms with Gasteiger partial charge in [0.05, 0.1) is 6.33 Å². The molecule has 2 heterocycles. The number of fused-ring (bicyclic) bond motifs is 1. The van der Waals surface area contributed by atoms with Crippen LogP contribution in [0.1, 0.15) is 33.1 Å². The molecule has 0 bridgehead atoms. The van der Waals surface area contributed by atoms with Gasteiger partial charge < -0.3 is 4.98 Å². The molecule has 0 aliphatic heterocycles. The highest BCUT2D eigenvalue weighted by Gasteiger charge is 2.10. The fraction of sp³-hybridized carbons (Fsp3) is 0.545. The Morgan fingerprint density at radius 1 is 1.38 bits per heavy atom. The van der Waals surface area contributed by atoms with Crippen LogP contribution in [0, 0.1) is 0 Å². The highest BCUT2D eigenvalue weighted by atomic mass is 32.2. The van der Waals surface area contributed by atoms with Gasteiger partial charge in [0.2, 0.25) is 0 Å². The molecule has 0 fully saturated rings. The zero-order valence-corrected chi connectivity index (χ0v) is 10.4. The van der Waals surface area contributed by atoms with Crippen molar-refractivity contribution in [3.05, 3.63) is 12.7 Å². The molecule has 2 rings (SSSR count). The summed E-state index contributed by atoms with van der Waals surface area (Å²) in [5, 5.41) is 1.59. The van der Waals surface area contributed by atoms with Crippen molar-refractivity contribution in [1.29, 1.82) is 0 Å². The summed E-state index contributed by atoms with van der Waals surface area (Å²) in [4.78, 5) is 15.6. The summed E-state index contributed by atoms with van der Waals surface area (Å²) in [6.07, 6.45) is 6.98. The summed E-state index contributed by atoms with van der Waals surface area (Å²) < 4.78 is 0. The molecule has 0 amide bonds. The maximum absolute atomic E-state index is 4.31. The van der Waals surface area contributed by atoms with Gasteiger partial charge in [-0.3, -0.25) is 0 Å². The molecule has 0 aliphatic rings. The summed E-state index contributed by atoms with van der Waals surface area (Å²) in [6.45, 7) is 4.46. The molecule has 16 heavy (non-hydrogen) atoms. The van der Waals surface area contributed by atoms with E-state index >= 15 is 0 Å². The highest BCUT2D eigenvalue weighted by Crippen LogP contribution is 2.28. The standard InChI is InChI=1S/C11H16N4S/c1-3-4-5-8(2)16-11-9-10(13-6-12-9)14-7-15-11/h6-8H,3-5H2,1-2H3,(H,12,13,14,15). The largest absolute Gasteiger partial charge is 0.341 e. The van der Waals surface area contributed by atoms with Crippen LogP contribution in [0.4, 0.5) is 0 Å². The van der Waals surface area contributed by atoms with Gasteiger partial charge >= 0.3 is 0 Å². The zero-order valence-electron chi connectivity index (χ0n) is 9.60. The molecule has 1 unspecified atom stereocenters. The Balaban J connectivity index is 2.11. The first-order valence-electron chi connectivity index (χ1n) is 5.62. The Bertz CT molecular complexity index is 454. The van der Waals surface area contributed by atoms with Crippen LogP contribution in [0.3, 0.4) is 0 Å². The minimum atomic E-state index is 0.585. The van der Waals surface area contributed by atoms with E-state index in [9.17, 15) is 0 Å². The molecule has 1 atom stereocenters. The monoisotopic (exact) mass is 236 g/mol. The van der Waals surface area contributed by atoms with Crippen LogP contribution >= 0.6 is 11.8 Å². The van der Waals surface area contributed by atoms with Gasteiger partial charge in [-0.1, -0.05) is 26.7 Å². The van der Waals surface area contributed by atoms with E-state index in [-0.39, 0.29) is 0 Å². The topological polar surface area (TPSA) is 54.5 Å². The Hall–Kier alpha value is -1.10. The smallest absolute Gasteiger partial charge is 0.181 e. The first kappa shape index (κ1) is 11.4. The minimum Gasteiger partial charge on any atom is -0.341 e. The lowest BCUT2D eigenvalue weighted by atomic mass is 10.2. The van der Waals surface area contributed by atoms with Crippen molar-refractivity contribution >= 4 is 22.9 Å². The van der Waals surface area contributed by atoms with E-state index in [1.54, 1.807) is 24.4 Å². The van der Waals surface area contributed by atoms with Crippen molar-refractivity contribution in [3.63, 3.8) is 0 Å². The summed E-state index contributed by atoms with van der Waals surface area (Å²) in [7, 11) is 0. The van der Waals surface area contributed by atoms with Gasteiger partial charge in [-0.15, -0.1) is 11.8 Å². The lowest BCUT2D eigenvalue weighted by molar-refractivity contribution is 0.712. The van der Waals surface area contributed by atoms with Gasteiger partial charge in [0, 0.05) is 5.25 Å². The summed E-state index contributed by atoms with van der Waals surface area (Å²) in [6, 6.07) is 0. The first-order chi connectivity index (χ1) is 7.81. The Labute approximate surface area is 99.3 Å². The predicted octanol–water partition coefficient (Wildman–Crippen LogP) is 3.02. The number of thioether (sulfide) groups is 1. The van der Waals surface area contributed by atoms with Crippen molar-refractivity contribution in [2.24, 2.45) is 0 Å². The maximum atomic E-state index is 4.31. The second kappa shape index (κ2) is 5.30. The number of rotatable bonds is 5. The van der Waals surface area contributed by atoms with Gasteiger partial charge in [0.15, 0.2) is 5.65 Å². The van der Waals surface area contributed by atoms with E-state index in [1.165, 1.54) is 19.3 Å². The lowest BCUT2D eigenvalue weighted by Gasteiger charge is -2.09. The van der Waals surface area contributed by atoms with Crippen molar-refractivity contribution in [2.75, 3.05) is 0 Å². The van der Waals surface area contributed by atoms with Crippen molar-refractivity contribution in [3.8, 4) is 0 Å². The second-order valence-corrected chi connectivity index (χ2v) is 5.28. The Kier molecular flexibility index (Phi) is 3.77. The SMILES string of the molecule is CCCCC(C)Sc1ncnc2nc[nH]c12. The van der Waals surface area contributed by atoms with E-state index in [0.29, 0.717) is 5.25 Å². The van der Waals surface area contributed by atoms with Crippen LogP contribution in [0.25, 0.3) is 11.2 Å². The van der Waals surface area contributed by atoms with Crippen molar-refractivity contribution < 1.29 is 0 Å². The first-order valence-corrected chi connectivity index (χ1v) is 6.50. The molecule has 0 saturated carbocycles. The van der Waals surface area contributed by atoms with Crippen LogP contribution < -0.4 is 0 Å². The van der Waals surface area contributed by atoms with E-state index in [1.807, 2.05) is 0 Å². The van der Waals surface area contributed by atoms with Crippen molar-refractivity contribution in [2.45, 2.75) is 43.4 Å². The number of nitrogens with one attached hydrogen (secondary N) is 1. The molecule has 0 saturated heterocycles. The average molecular weight is 236 g/mol. The van der Waals surface area contributed by atoms with Gasteiger partial charge in [0.1, 0.15) is 16.9 Å². The van der Waals surface area contributed by atoms with Gasteiger partial charge in [-0.2, -0.15) is 0 Å². The number of hydrogen-bond acceptors (Lipinski definition) is 4. The molecule has 4 nitrogen and oxygen atoms in total. The zero-order chi connectivity index (χ0) is 11.4. The molecule has 1 N–H and O–H groups in total. The quantitative estimate of drug-likeness (QED) is 0.640. The third-order valence-electron chi connectivity index (χ3n) is 2.47. The molecule has 0 aromatic carbocycles. The summed E-state index contributed by atoms with van der Waals surface area (Å²) >= 11 is 1.80. The highest BCUT2D eigenvalue weighted by molar-refractivity contribution is 8.00. The van der Waals surface area contributed by atoms with Crippen LogP contribution in [0.5, 0.6) is 0 Å². The average Bonchev–Trinajstić information content (AvgIpc) is 2.75. The Morgan fingerprint density at radius 3 is 3.06 bits per heavy atom. The number of imidazole rings is 1. The number of aromatic nitrogens is 4. The van der Waals surface area contributed by atoms with Crippen LogP contribution in [0.15, 0.2) is 17.7 Å². The van der Waals surface area contributed by atoms with Gasteiger partial charge in [0.25, 0.3) is 0 Å². The Morgan fingerprint density at radius 2 is 2.25 bits per heavy atom. The number of unbranched alkanes of at least 4 members (excludes halogenated alkanes) is 1. The fourth-order valence-electron chi connectivity index (χ4n) is 1.57. The number of aromatic amines is 1. The van der Waals surface area contributed by atoms with Gasteiger partial charge in [-0.25, -0.2) is 15.0 Å². The third kappa shape index (κ3) is 2.52. The van der Waals surface area contributed by atoms with E-state index in [0.717, 1.165) is 16.2 Å². The fourth-order valence-corrected chi connectivity index (χ4v) is 2.62. The molecule has 86 valence electrons. The molecule has 0 aliphatic carbocycles.